The molecule has 1 amide bonds. The first kappa shape index (κ1) is 15.1. The van der Waals surface area contributed by atoms with Crippen molar-refractivity contribution >= 4 is 5.91 Å². The maximum Gasteiger partial charge on any atom is 0.273 e. The van der Waals surface area contributed by atoms with Crippen molar-refractivity contribution < 1.29 is 19.4 Å². The quantitative estimate of drug-likeness (QED) is 0.721. The van der Waals surface area contributed by atoms with Crippen molar-refractivity contribution in [2.75, 3.05) is 6.54 Å². The molecule has 0 radical (unpaired) electrons. The van der Waals surface area contributed by atoms with Gasteiger partial charge in [0.2, 0.25) is 0 Å². The van der Waals surface area contributed by atoms with Crippen molar-refractivity contribution in [1.29, 1.82) is 0 Å². The SMILES string of the molecule is CC(O)CNC(=O)c1nn(-c2ccc(F)cc2)nc1CO. The van der Waals surface area contributed by atoms with Gasteiger partial charge < -0.3 is 15.5 Å². The molecule has 1 unspecified atom stereocenters. The minimum Gasteiger partial charge on any atom is -0.392 e. The Kier molecular flexibility index (Phi) is 4.61. The summed E-state index contributed by atoms with van der Waals surface area (Å²) >= 11 is 0. The molecule has 1 atom stereocenters. The Balaban J connectivity index is 2.26. The van der Waals surface area contributed by atoms with Crippen LogP contribution in [0.5, 0.6) is 0 Å². The lowest BCUT2D eigenvalue weighted by Gasteiger charge is -2.05. The predicted molar refractivity (Wildman–Crippen MR) is 71.3 cm³/mol. The molecular formula is C13H15FN4O3. The molecule has 2 aromatic rings. The molecule has 0 aliphatic rings. The van der Waals surface area contributed by atoms with E-state index in [2.05, 4.69) is 15.5 Å². The number of amides is 1. The number of carbonyl (C=O) groups is 1. The fourth-order valence-electron chi connectivity index (χ4n) is 1.63. The Hall–Kier alpha value is -2.32. The molecule has 3 N–H and O–H groups in total. The first-order valence-corrected chi connectivity index (χ1v) is 6.30. The Morgan fingerprint density at radius 3 is 2.62 bits per heavy atom. The van der Waals surface area contributed by atoms with Crippen molar-refractivity contribution in [3.8, 4) is 5.69 Å². The number of hydrogen-bond donors (Lipinski definition) is 3. The van der Waals surface area contributed by atoms with Crippen molar-refractivity contribution in [2.45, 2.75) is 19.6 Å². The number of aromatic nitrogens is 3. The highest BCUT2D eigenvalue weighted by Gasteiger charge is 2.18. The largest absolute Gasteiger partial charge is 0.392 e. The van der Waals surface area contributed by atoms with Gasteiger partial charge in [-0.15, -0.1) is 10.2 Å². The molecule has 1 aromatic heterocycles. The second-order valence-corrected chi connectivity index (χ2v) is 4.48. The van der Waals surface area contributed by atoms with E-state index in [0.29, 0.717) is 5.69 Å². The maximum absolute atomic E-state index is 12.9. The number of benzene rings is 1. The lowest BCUT2D eigenvalue weighted by Crippen LogP contribution is -2.31. The maximum atomic E-state index is 12.9. The molecule has 0 saturated heterocycles. The number of rotatable bonds is 5. The number of aliphatic hydroxyl groups excluding tert-OH is 2. The third kappa shape index (κ3) is 3.61. The van der Waals surface area contributed by atoms with Crippen molar-refractivity contribution in [1.82, 2.24) is 20.3 Å². The van der Waals surface area contributed by atoms with Crippen LogP contribution in [0.4, 0.5) is 4.39 Å². The fraction of sp³-hybridized carbons (Fsp3) is 0.308. The highest BCUT2D eigenvalue weighted by Crippen LogP contribution is 2.10. The number of hydrogen-bond acceptors (Lipinski definition) is 5. The first-order valence-electron chi connectivity index (χ1n) is 6.30. The molecule has 0 spiro atoms. The zero-order valence-corrected chi connectivity index (χ0v) is 11.3. The van der Waals surface area contributed by atoms with E-state index in [-0.39, 0.29) is 17.9 Å². The van der Waals surface area contributed by atoms with Gasteiger partial charge in [-0.1, -0.05) is 0 Å². The molecule has 1 aromatic carbocycles. The molecule has 1 heterocycles. The summed E-state index contributed by atoms with van der Waals surface area (Å²) in [6.45, 7) is 1.13. The average molecular weight is 294 g/mol. The standard InChI is InChI=1S/C13H15FN4O3/c1-8(20)6-15-13(21)12-11(7-19)16-18(17-12)10-4-2-9(14)3-5-10/h2-5,8,19-20H,6-7H2,1H3,(H,15,21). The van der Waals surface area contributed by atoms with Crippen LogP contribution >= 0.6 is 0 Å². The van der Waals surface area contributed by atoms with Gasteiger partial charge in [-0.3, -0.25) is 4.79 Å². The number of halogens is 1. The van der Waals surface area contributed by atoms with Crippen molar-refractivity contribution in [3.63, 3.8) is 0 Å². The summed E-state index contributed by atoms with van der Waals surface area (Å²) < 4.78 is 12.9. The monoisotopic (exact) mass is 294 g/mol. The van der Waals surface area contributed by atoms with Crippen LogP contribution < -0.4 is 5.32 Å². The van der Waals surface area contributed by atoms with E-state index < -0.39 is 24.4 Å². The summed E-state index contributed by atoms with van der Waals surface area (Å²) in [4.78, 5) is 13.1. The van der Waals surface area contributed by atoms with Crippen LogP contribution in [0.25, 0.3) is 5.69 Å². The van der Waals surface area contributed by atoms with E-state index in [4.69, 9.17) is 5.11 Å². The summed E-state index contributed by atoms with van der Waals surface area (Å²) in [6, 6.07) is 5.39. The van der Waals surface area contributed by atoms with E-state index in [1.807, 2.05) is 0 Å². The summed E-state index contributed by atoms with van der Waals surface area (Å²) in [7, 11) is 0. The van der Waals surface area contributed by atoms with Gasteiger partial charge in [0.1, 0.15) is 11.5 Å². The summed E-state index contributed by atoms with van der Waals surface area (Å²) in [5.74, 6) is -0.948. The van der Waals surface area contributed by atoms with Gasteiger partial charge in [0.05, 0.1) is 18.4 Å². The Morgan fingerprint density at radius 1 is 1.38 bits per heavy atom. The molecule has 0 bridgehead atoms. The zero-order valence-electron chi connectivity index (χ0n) is 11.3. The van der Waals surface area contributed by atoms with Crippen LogP contribution in [0.3, 0.4) is 0 Å². The van der Waals surface area contributed by atoms with E-state index in [1.165, 1.54) is 31.2 Å². The van der Waals surface area contributed by atoms with Crippen LogP contribution in [0.1, 0.15) is 23.1 Å². The van der Waals surface area contributed by atoms with Crippen LogP contribution in [0, 0.1) is 5.82 Å². The van der Waals surface area contributed by atoms with Crippen LogP contribution in [0.2, 0.25) is 0 Å². The van der Waals surface area contributed by atoms with Gasteiger partial charge in [0.15, 0.2) is 5.69 Å². The van der Waals surface area contributed by atoms with Gasteiger partial charge in [0.25, 0.3) is 5.91 Å². The molecule has 0 fully saturated rings. The third-order valence-corrected chi connectivity index (χ3v) is 2.66. The Labute approximate surface area is 120 Å². The highest BCUT2D eigenvalue weighted by molar-refractivity contribution is 5.93. The van der Waals surface area contributed by atoms with E-state index >= 15 is 0 Å². The molecule has 2 rings (SSSR count). The number of aliphatic hydroxyl groups is 2. The summed E-state index contributed by atoms with van der Waals surface area (Å²) in [6.07, 6.45) is -0.696. The lowest BCUT2D eigenvalue weighted by atomic mass is 10.3. The smallest absolute Gasteiger partial charge is 0.273 e. The van der Waals surface area contributed by atoms with Gasteiger partial charge >= 0.3 is 0 Å². The number of nitrogens with one attached hydrogen (secondary N) is 1. The zero-order chi connectivity index (χ0) is 15.4. The Bertz CT molecular complexity index is 625. The van der Waals surface area contributed by atoms with Crippen LogP contribution in [-0.4, -0.2) is 43.8 Å². The number of carbonyl (C=O) groups excluding carboxylic acids is 1. The molecule has 7 nitrogen and oxygen atoms in total. The minimum atomic E-state index is -0.696. The molecule has 21 heavy (non-hydrogen) atoms. The molecule has 0 saturated carbocycles. The fourth-order valence-corrected chi connectivity index (χ4v) is 1.63. The van der Waals surface area contributed by atoms with Gasteiger partial charge in [0, 0.05) is 6.54 Å². The van der Waals surface area contributed by atoms with E-state index in [9.17, 15) is 14.3 Å². The normalized spacial score (nSPS) is 12.2. The van der Waals surface area contributed by atoms with Gasteiger partial charge in [-0.05, 0) is 31.2 Å². The van der Waals surface area contributed by atoms with Crippen molar-refractivity contribution in [2.24, 2.45) is 0 Å². The van der Waals surface area contributed by atoms with Crippen molar-refractivity contribution in [3.05, 3.63) is 41.5 Å². The second-order valence-electron chi connectivity index (χ2n) is 4.48. The molecule has 8 heteroatoms. The lowest BCUT2D eigenvalue weighted by molar-refractivity contribution is 0.0915. The van der Waals surface area contributed by atoms with E-state index in [1.54, 1.807) is 0 Å². The third-order valence-electron chi connectivity index (χ3n) is 2.66. The first-order chi connectivity index (χ1) is 10.0. The topological polar surface area (TPSA) is 100 Å². The molecule has 112 valence electrons. The minimum absolute atomic E-state index is 0.0394. The van der Waals surface area contributed by atoms with Gasteiger partial charge in [-0.25, -0.2) is 4.39 Å². The second kappa shape index (κ2) is 6.42. The number of nitrogens with zero attached hydrogens (tertiary/aromatic N) is 3. The summed E-state index contributed by atoms with van der Waals surface area (Å²) in [5.41, 5.74) is 0.519. The molecular weight excluding hydrogens is 279 g/mol. The molecule has 0 aliphatic heterocycles. The van der Waals surface area contributed by atoms with Crippen LogP contribution in [0.15, 0.2) is 24.3 Å². The van der Waals surface area contributed by atoms with E-state index in [0.717, 1.165) is 4.80 Å². The molecule has 0 aliphatic carbocycles. The predicted octanol–water partition coefficient (Wildman–Crippen LogP) is 0.00930. The summed E-state index contributed by atoms with van der Waals surface area (Å²) in [5, 5.41) is 28.8. The highest BCUT2D eigenvalue weighted by atomic mass is 19.1. The average Bonchev–Trinajstić information content (AvgIpc) is 2.89. The Morgan fingerprint density at radius 2 is 2.05 bits per heavy atom. The van der Waals surface area contributed by atoms with Crippen LogP contribution in [-0.2, 0) is 6.61 Å². The van der Waals surface area contributed by atoms with Gasteiger partial charge in [-0.2, -0.15) is 4.80 Å².